The minimum Gasteiger partial charge on any atom is -0.462 e. The molecule has 6 heteroatoms. The summed E-state index contributed by atoms with van der Waals surface area (Å²) in [6, 6.07) is 0. The Hall–Kier alpha value is -2.11. The van der Waals surface area contributed by atoms with Crippen molar-refractivity contribution in [3.63, 3.8) is 0 Å². The molecule has 1 atom stereocenters. The smallest absolute Gasteiger partial charge is 0.306 e. The van der Waals surface area contributed by atoms with Crippen LogP contribution in [0.15, 0.2) is 24.3 Å². The third kappa shape index (κ3) is 54.8. The number of rotatable bonds is 56. The summed E-state index contributed by atoms with van der Waals surface area (Å²) in [7, 11) is 0. The average Bonchev–Trinajstić information content (AvgIpc) is 3.34. The van der Waals surface area contributed by atoms with Crippen molar-refractivity contribution in [2.24, 2.45) is 0 Å². The molecule has 1 unspecified atom stereocenters. The van der Waals surface area contributed by atoms with Gasteiger partial charge in [-0.3, -0.25) is 14.4 Å². The summed E-state index contributed by atoms with van der Waals surface area (Å²) in [5, 5.41) is 0. The van der Waals surface area contributed by atoms with E-state index in [1.807, 2.05) is 0 Å². The van der Waals surface area contributed by atoms with E-state index < -0.39 is 6.10 Å². The van der Waals surface area contributed by atoms with Crippen LogP contribution in [0.5, 0.6) is 0 Å². The minimum absolute atomic E-state index is 0.0650. The van der Waals surface area contributed by atoms with E-state index in [0.717, 1.165) is 64.2 Å². The predicted octanol–water partition coefficient (Wildman–Crippen LogP) is 20.3. The van der Waals surface area contributed by atoms with Crippen molar-refractivity contribution >= 4 is 17.9 Å². The molecule has 0 aliphatic carbocycles. The van der Waals surface area contributed by atoms with Crippen molar-refractivity contribution in [3.05, 3.63) is 24.3 Å². The van der Waals surface area contributed by atoms with Crippen LogP contribution < -0.4 is 0 Å². The highest BCUT2D eigenvalue weighted by Crippen LogP contribution is 2.17. The lowest BCUT2D eigenvalue weighted by molar-refractivity contribution is -0.167. The fourth-order valence-electron chi connectivity index (χ4n) is 9.12. The van der Waals surface area contributed by atoms with E-state index in [4.69, 9.17) is 14.2 Å². The molecule has 0 aromatic rings. The van der Waals surface area contributed by atoms with E-state index >= 15 is 0 Å². The predicted molar refractivity (Wildman–Crippen MR) is 293 cm³/mol. The Kier molecular flexibility index (Phi) is 55.7. The number of hydrogen-bond acceptors (Lipinski definition) is 6. The molecule has 0 spiro atoms. The molecule has 0 aliphatic heterocycles. The van der Waals surface area contributed by atoms with Crippen LogP contribution in [0.25, 0.3) is 0 Å². The molecule has 0 radical (unpaired) electrons. The van der Waals surface area contributed by atoms with E-state index in [9.17, 15) is 14.4 Å². The number of allylic oxidation sites excluding steroid dienone is 4. The summed E-state index contributed by atoms with van der Waals surface area (Å²) in [4.78, 5) is 38.0. The number of unbranched alkanes of at least 4 members (excludes halogenated alkanes) is 41. The first-order valence-corrected chi connectivity index (χ1v) is 30.3. The summed E-state index contributed by atoms with van der Waals surface area (Å²) in [6.07, 6.45) is 67.8. The van der Waals surface area contributed by atoms with Crippen molar-refractivity contribution in [2.75, 3.05) is 13.2 Å². The second-order valence-corrected chi connectivity index (χ2v) is 20.6. The standard InChI is InChI=1S/C62H116O6/c1-4-7-10-13-16-19-21-23-24-25-26-27-28-29-30-31-32-33-34-35-36-37-38-40-41-43-46-49-52-55-61(64)67-58-59(57-66-60(63)54-51-48-45-18-15-12-9-6-3)68-62(65)56-53-50-47-44-42-39-22-20-17-14-11-8-5-2/h21,23,25-26,59H,4-20,22,24,27-58H2,1-3H3/b23-21-,26-25-. The molecule has 0 saturated heterocycles. The van der Waals surface area contributed by atoms with Crippen molar-refractivity contribution in [3.8, 4) is 0 Å². The van der Waals surface area contributed by atoms with Crippen molar-refractivity contribution in [1.82, 2.24) is 0 Å². The molecule has 0 saturated carbocycles. The van der Waals surface area contributed by atoms with Crippen molar-refractivity contribution < 1.29 is 28.6 Å². The van der Waals surface area contributed by atoms with Crippen LogP contribution >= 0.6 is 0 Å². The fourth-order valence-corrected chi connectivity index (χ4v) is 9.12. The summed E-state index contributed by atoms with van der Waals surface area (Å²) in [5.41, 5.74) is 0. The first kappa shape index (κ1) is 65.9. The van der Waals surface area contributed by atoms with Gasteiger partial charge in [0.2, 0.25) is 0 Å². The van der Waals surface area contributed by atoms with Gasteiger partial charge in [-0.1, -0.05) is 289 Å². The van der Waals surface area contributed by atoms with Gasteiger partial charge in [0.15, 0.2) is 6.10 Å². The topological polar surface area (TPSA) is 78.9 Å². The second-order valence-electron chi connectivity index (χ2n) is 20.6. The van der Waals surface area contributed by atoms with E-state index in [2.05, 4.69) is 45.1 Å². The highest BCUT2D eigenvalue weighted by atomic mass is 16.6. The normalized spacial score (nSPS) is 12.1. The Labute approximate surface area is 423 Å². The molecule has 0 aliphatic rings. The zero-order valence-corrected chi connectivity index (χ0v) is 45.9. The lowest BCUT2D eigenvalue weighted by Crippen LogP contribution is -2.30. The maximum atomic E-state index is 12.8. The molecule has 0 amide bonds. The number of carbonyl (C=O) groups excluding carboxylic acids is 3. The largest absolute Gasteiger partial charge is 0.462 e. The third-order valence-corrected chi connectivity index (χ3v) is 13.7. The van der Waals surface area contributed by atoms with Gasteiger partial charge in [0, 0.05) is 19.3 Å². The lowest BCUT2D eigenvalue weighted by atomic mass is 10.0. The Balaban J connectivity index is 4.02. The summed E-state index contributed by atoms with van der Waals surface area (Å²) in [6.45, 7) is 6.64. The monoisotopic (exact) mass is 957 g/mol. The van der Waals surface area contributed by atoms with Gasteiger partial charge in [0.25, 0.3) is 0 Å². The highest BCUT2D eigenvalue weighted by molar-refractivity contribution is 5.71. The number of hydrogen-bond donors (Lipinski definition) is 0. The van der Waals surface area contributed by atoms with Crippen LogP contribution in [0.2, 0.25) is 0 Å². The quantitative estimate of drug-likeness (QED) is 0.0262. The molecule has 0 aromatic carbocycles. The first-order chi connectivity index (χ1) is 33.5. The minimum atomic E-state index is -0.763. The van der Waals surface area contributed by atoms with Crippen LogP contribution in [0.1, 0.15) is 335 Å². The Bertz CT molecular complexity index is 1100. The number of carbonyl (C=O) groups is 3. The Morgan fingerprint density at radius 3 is 0.809 bits per heavy atom. The zero-order chi connectivity index (χ0) is 49.3. The van der Waals surface area contributed by atoms with Gasteiger partial charge < -0.3 is 14.2 Å². The van der Waals surface area contributed by atoms with Gasteiger partial charge in [-0.25, -0.2) is 0 Å². The van der Waals surface area contributed by atoms with Gasteiger partial charge in [-0.2, -0.15) is 0 Å². The molecule has 68 heavy (non-hydrogen) atoms. The van der Waals surface area contributed by atoms with E-state index in [1.54, 1.807) is 0 Å². The van der Waals surface area contributed by atoms with E-state index in [0.29, 0.717) is 19.3 Å². The molecular weight excluding hydrogens is 841 g/mol. The lowest BCUT2D eigenvalue weighted by Gasteiger charge is -2.18. The van der Waals surface area contributed by atoms with Gasteiger partial charge in [0.05, 0.1) is 0 Å². The average molecular weight is 958 g/mol. The molecule has 400 valence electrons. The van der Waals surface area contributed by atoms with Crippen molar-refractivity contribution in [1.29, 1.82) is 0 Å². The molecule has 0 fully saturated rings. The molecular formula is C62H116O6. The molecule has 0 heterocycles. The Morgan fingerprint density at radius 2 is 0.529 bits per heavy atom. The number of esters is 3. The maximum absolute atomic E-state index is 12.8. The van der Waals surface area contributed by atoms with Crippen LogP contribution in [0.4, 0.5) is 0 Å². The van der Waals surface area contributed by atoms with Gasteiger partial charge in [-0.15, -0.1) is 0 Å². The summed E-state index contributed by atoms with van der Waals surface area (Å²) < 4.78 is 16.8. The second kappa shape index (κ2) is 57.5. The van der Waals surface area contributed by atoms with Crippen molar-refractivity contribution in [2.45, 2.75) is 341 Å². The first-order valence-electron chi connectivity index (χ1n) is 30.3. The highest BCUT2D eigenvalue weighted by Gasteiger charge is 2.19. The maximum Gasteiger partial charge on any atom is 0.306 e. The number of ether oxygens (including phenoxy) is 3. The molecule has 0 rings (SSSR count). The fraction of sp³-hybridized carbons (Fsp3) is 0.887. The van der Waals surface area contributed by atoms with E-state index in [1.165, 1.54) is 231 Å². The zero-order valence-electron chi connectivity index (χ0n) is 45.9. The van der Waals surface area contributed by atoms with Crippen LogP contribution in [-0.2, 0) is 28.6 Å². The van der Waals surface area contributed by atoms with Gasteiger partial charge >= 0.3 is 17.9 Å². The molecule has 0 N–H and O–H groups in total. The third-order valence-electron chi connectivity index (χ3n) is 13.7. The van der Waals surface area contributed by atoms with Crippen LogP contribution in [-0.4, -0.2) is 37.2 Å². The molecule has 6 nitrogen and oxygen atoms in total. The van der Waals surface area contributed by atoms with Gasteiger partial charge in [0.1, 0.15) is 13.2 Å². The SMILES string of the molecule is CCCCCCC/C=C\C/C=C\CCCCCCCCCCCCCCCCCCCC(=O)OCC(COC(=O)CCCCCCCCCC)OC(=O)CCCCCCCCCCCCCCC. The summed E-state index contributed by atoms with van der Waals surface area (Å²) >= 11 is 0. The molecule has 0 bridgehead atoms. The Morgan fingerprint density at radius 1 is 0.294 bits per heavy atom. The van der Waals surface area contributed by atoms with Crippen LogP contribution in [0, 0.1) is 0 Å². The van der Waals surface area contributed by atoms with Crippen LogP contribution in [0.3, 0.4) is 0 Å². The molecule has 0 aromatic heterocycles. The van der Waals surface area contributed by atoms with E-state index in [-0.39, 0.29) is 31.1 Å². The summed E-state index contributed by atoms with van der Waals surface area (Å²) in [5.74, 6) is -0.849. The van der Waals surface area contributed by atoms with Gasteiger partial charge in [-0.05, 0) is 51.4 Å².